The van der Waals surface area contributed by atoms with Gasteiger partial charge in [-0.1, -0.05) is 31.6 Å². The molecule has 0 saturated heterocycles. The van der Waals surface area contributed by atoms with Crippen LogP contribution in [0.4, 0.5) is 0 Å². The summed E-state index contributed by atoms with van der Waals surface area (Å²) in [6, 6.07) is 3.87. The summed E-state index contributed by atoms with van der Waals surface area (Å²) in [5.41, 5.74) is 2.12. The molecule has 148 valence electrons. The predicted octanol–water partition coefficient (Wildman–Crippen LogP) is 5.58. The Morgan fingerprint density at radius 3 is 2.48 bits per heavy atom. The monoisotopic (exact) mass is 374 g/mol. The van der Waals surface area contributed by atoms with Crippen LogP contribution in [0, 0.1) is 5.92 Å². The van der Waals surface area contributed by atoms with Crippen molar-refractivity contribution in [1.29, 1.82) is 0 Å². The fourth-order valence-corrected chi connectivity index (χ4v) is 3.05. The second-order valence-corrected chi connectivity index (χ2v) is 6.65. The minimum Gasteiger partial charge on any atom is -0.508 e. The van der Waals surface area contributed by atoms with Gasteiger partial charge in [0.25, 0.3) is 0 Å². The van der Waals surface area contributed by atoms with Crippen LogP contribution in [0.2, 0.25) is 0 Å². The number of aliphatic hydroxyl groups excluding tert-OH is 2. The molecule has 0 bridgehead atoms. The van der Waals surface area contributed by atoms with Gasteiger partial charge >= 0.3 is 0 Å². The van der Waals surface area contributed by atoms with Crippen LogP contribution in [0.25, 0.3) is 6.08 Å². The normalized spacial score (nSPS) is 15.6. The maximum Gasteiger partial charge on any atom is 0.203 e. The van der Waals surface area contributed by atoms with E-state index in [1.54, 1.807) is 20.3 Å². The molecule has 1 aromatic rings. The minimum absolute atomic E-state index is 0.0224. The molecule has 2 N–H and O–H groups in total. The molecule has 5 heteroatoms. The van der Waals surface area contributed by atoms with E-state index >= 15 is 0 Å². The Morgan fingerprint density at radius 1 is 1.11 bits per heavy atom. The van der Waals surface area contributed by atoms with Crippen molar-refractivity contribution in [3.8, 4) is 17.2 Å². The molecule has 0 fully saturated rings. The van der Waals surface area contributed by atoms with E-state index in [9.17, 15) is 10.2 Å². The molecule has 1 aliphatic carbocycles. The predicted molar refractivity (Wildman–Crippen MR) is 108 cm³/mol. The molecule has 2 rings (SSSR count). The lowest BCUT2D eigenvalue weighted by Crippen LogP contribution is -2.10. The SMILES string of the molecule is CC/C=C/c1cc(OC)c(OC)c(OCCC(C)C2=CC(O)=C(O)CC2)c1. The summed E-state index contributed by atoms with van der Waals surface area (Å²) in [4.78, 5) is 0. The maximum atomic E-state index is 9.71. The fourth-order valence-electron chi connectivity index (χ4n) is 3.05. The molecule has 0 spiro atoms. The highest BCUT2D eigenvalue weighted by molar-refractivity contribution is 5.62. The van der Waals surface area contributed by atoms with Gasteiger partial charge in [0, 0.05) is 6.42 Å². The molecule has 0 saturated carbocycles. The third-order valence-electron chi connectivity index (χ3n) is 4.72. The Hall–Kier alpha value is -2.56. The molecule has 1 aliphatic rings. The van der Waals surface area contributed by atoms with Crippen LogP contribution in [0.15, 0.2) is 41.4 Å². The van der Waals surface area contributed by atoms with Crippen molar-refractivity contribution in [3.63, 3.8) is 0 Å². The van der Waals surface area contributed by atoms with Crippen LogP contribution in [0.1, 0.15) is 45.1 Å². The number of benzene rings is 1. The van der Waals surface area contributed by atoms with Crippen LogP contribution in [0.3, 0.4) is 0 Å². The number of rotatable bonds is 9. The second kappa shape index (κ2) is 9.95. The molecule has 27 heavy (non-hydrogen) atoms. The van der Waals surface area contributed by atoms with Crippen LogP contribution in [-0.2, 0) is 0 Å². The van der Waals surface area contributed by atoms with Gasteiger partial charge in [-0.2, -0.15) is 0 Å². The average molecular weight is 374 g/mol. The molecule has 1 aromatic carbocycles. The lowest BCUT2D eigenvalue weighted by molar-refractivity contribution is 0.266. The molecule has 0 radical (unpaired) electrons. The summed E-state index contributed by atoms with van der Waals surface area (Å²) in [6.45, 7) is 4.70. The Bertz CT molecular complexity index is 730. The summed E-state index contributed by atoms with van der Waals surface area (Å²) in [7, 11) is 3.21. The Morgan fingerprint density at radius 2 is 1.85 bits per heavy atom. The largest absolute Gasteiger partial charge is 0.508 e. The molecule has 0 aliphatic heterocycles. The summed E-state index contributed by atoms with van der Waals surface area (Å²) in [6.07, 6.45) is 8.77. The smallest absolute Gasteiger partial charge is 0.203 e. The zero-order valence-electron chi connectivity index (χ0n) is 16.6. The van der Waals surface area contributed by atoms with Gasteiger partial charge in [0.2, 0.25) is 5.75 Å². The first-order valence-corrected chi connectivity index (χ1v) is 9.37. The third kappa shape index (κ3) is 5.46. The first-order chi connectivity index (χ1) is 13.0. The molecular weight excluding hydrogens is 344 g/mol. The molecule has 0 aromatic heterocycles. The topological polar surface area (TPSA) is 68.2 Å². The molecule has 0 amide bonds. The van der Waals surface area contributed by atoms with Gasteiger partial charge in [-0.25, -0.2) is 0 Å². The van der Waals surface area contributed by atoms with Crippen molar-refractivity contribution in [1.82, 2.24) is 0 Å². The van der Waals surface area contributed by atoms with Crippen LogP contribution in [-0.4, -0.2) is 31.0 Å². The first kappa shape index (κ1) is 20.7. The fraction of sp³-hybridized carbons (Fsp3) is 0.455. The van der Waals surface area contributed by atoms with Crippen molar-refractivity contribution >= 4 is 6.08 Å². The molecule has 5 nitrogen and oxygen atoms in total. The van der Waals surface area contributed by atoms with E-state index in [2.05, 4.69) is 19.9 Å². The van der Waals surface area contributed by atoms with Gasteiger partial charge < -0.3 is 24.4 Å². The van der Waals surface area contributed by atoms with Gasteiger partial charge in [0.1, 0.15) is 5.76 Å². The lowest BCUT2D eigenvalue weighted by Gasteiger charge is -2.20. The minimum atomic E-state index is -0.0224. The van der Waals surface area contributed by atoms with Gasteiger partial charge in [-0.05, 0) is 49.0 Å². The van der Waals surface area contributed by atoms with Crippen molar-refractivity contribution in [2.75, 3.05) is 20.8 Å². The van der Waals surface area contributed by atoms with E-state index < -0.39 is 0 Å². The summed E-state index contributed by atoms with van der Waals surface area (Å²) in [5, 5.41) is 19.2. The zero-order valence-corrected chi connectivity index (χ0v) is 16.6. The van der Waals surface area contributed by atoms with Crippen molar-refractivity contribution in [2.24, 2.45) is 5.92 Å². The van der Waals surface area contributed by atoms with Crippen molar-refractivity contribution in [3.05, 3.63) is 46.9 Å². The first-order valence-electron chi connectivity index (χ1n) is 9.37. The van der Waals surface area contributed by atoms with Gasteiger partial charge in [-0.3, -0.25) is 0 Å². The number of aliphatic hydroxyl groups is 2. The summed E-state index contributed by atoms with van der Waals surface area (Å²) in [5.74, 6) is 2.16. The van der Waals surface area contributed by atoms with Gasteiger partial charge in [-0.15, -0.1) is 0 Å². The van der Waals surface area contributed by atoms with E-state index in [4.69, 9.17) is 14.2 Å². The van der Waals surface area contributed by atoms with E-state index in [0.717, 1.165) is 30.4 Å². The highest BCUT2D eigenvalue weighted by Crippen LogP contribution is 2.39. The van der Waals surface area contributed by atoms with Gasteiger partial charge in [0.05, 0.1) is 20.8 Å². The lowest BCUT2D eigenvalue weighted by atomic mass is 9.90. The van der Waals surface area contributed by atoms with Crippen molar-refractivity contribution in [2.45, 2.75) is 39.5 Å². The molecule has 1 unspecified atom stereocenters. The highest BCUT2D eigenvalue weighted by Gasteiger charge is 2.18. The highest BCUT2D eigenvalue weighted by atomic mass is 16.5. The van der Waals surface area contributed by atoms with Crippen molar-refractivity contribution < 1.29 is 24.4 Å². The maximum absolute atomic E-state index is 9.71. The Balaban J connectivity index is 2.08. The second-order valence-electron chi connectivity index (χ2n) is 6.65. The Kier molecular flexibility index (Phi) is 7.65. The summed E-state index contributed by atoms with van der Waals surface area (Å²) < 4.78 is 16.9. The number of ether oxygens (including phenoxy) is 3. The van der Waals surface area contributed by atoms with Crippen LogP contribution in [0.5, 0.6) is 17.2 Å². The van der Waals surface area contributed by atoms with E-state index in [0.29, 0.717) is 30.3 Å². The summed E-state index contributed by atoms with van der Waals surface area (Å²) >= 11 is 0. The Labute approximate surface area is 161 Å². The van der Waals surface area contributed by atoms with E-state index in [1.165, 1.54) is 0 Å². The van der Waals surface area contributed by atoms with Gasteiger partial charge in [0.15, 0.2) is 17.3 Å². The number of allylic oxidation sites excluding steroid dienone is 4. The van der Waals surface area contributed by atoms with Crippen LogP contribution >= 0.6 is 0 Å². The number of hydrogen-bond donors (Lipinski definition) is 2. The zero-order chi connectivity index (χ0) is 19.8. The van der Waals surface area contributed by atoms with Crippen LogP contribution < -0.4 is 14.2 Å². The molecule has 0 heterocycles. The number of methoxy groups -OCH3 is 2. The van der Waals surface area contributed by atoms with E-state index in [-0.39, 0.29) is 17.4 Å². The third-order valence-corrected chi connectivity index (χ3v) is 4.72. The van der Waals surface area contributed by atoms with E-state index in [1.807, 2.05) is 18.2 Å². The molecule has 1 atom stereocenters. The standard InChI is InChI=1S/C22H30O5/c1-5-6-7-16-12-20(25-3)22(26-4)21(13-16)27-11-10-15(2)17-8-9-18(23)19(24)14-17/h6-7,12-15,23-24H,5,8-11H2,1-4H3/b7-6+. The quantitative estimate of drug-likeness (QED) is 0.590. The molecular formula is C22H30O5. The number of hydrogen-bond acceptors (Lipinski definition) is 5. The average Bonchev–Trinajstić information content (AvgIpc) is 2.67.